The van der Waals surface area contributed by atoms with Crippen molar-refractivity contribution in [3.8, 4) is 0 Å². The summed E-state index contributed by atoms with van der Waals surface area (Å²) < 4.78 is 47.5. The number of halogens is 2. The summed E-state index contributed by atoms with van der Waals surface area (Å²) in [5.41, 5.74) is 4.95. The van der Waals surface area contributed by atoms with Crippen LogP contribution in [0.15, 0.2) is 36.8 Å². The van der Waals surface area contributed by atoms with Crippen LogP contribution < -0.4 is 5.73 Å². The van der Waals surface area contributed by atoms with Crippen molar-refractivity contribution < 1.29 is 28.1 Å². The predicted molar refractivity (Wildman–Crippen MR) is 106 cm³/mol. The Labute approximate surface area is 176 Å². The monoisotopic (exact) mass is 432 g/mol. The Morgan fingerprint density at radius 1 is 1.13 bits per heavy atom. The molecule has 0 aliphatic carbocycles. The van der Waals surface area contributed by atoms with Crippen LogP contribution in [-0.4, -0.2) is 43.7 Å². The molecule has 2 fully saturated rings. The number of hydrogen-bond acceptors (Lipinski definition) is 7. The molecule has 1 aromatic carbocycles. The molecule has 2 aromatic heterocycles. The molecule has 0 radical (unpaired) electrons. The number of aromatic nitrogens is 3. The molecule has 2 aliphatic rings. The lowest BCUT2D eigenvalue weighted by atomic mass is 9.86. The van der Waals surface area contributed by atoms with Gasteiger partial charge in [0.05, 0.1) is 5.39 Å². The van der Waals surface area contributed by atoms with E-state index in [1.807, 2.05) is 0 Å². The van der Waals surface area contributed by atoms with E-state index in [1.54, 1.807) is 30.7 Å². The van der Waals surface area contributed by atoms with Crippen molar-refractivity contribution in [2.75, 3.05) is 5.73 Å². The van der Waals surface area contributed by atoms with Gasteiger partial charge in [-0.05, 0) is 44.5 Å². The number of nitrogens with zero attached hydrogens (tertiary/aromatic N) is 3. The topological polar surface area (TPSA) is 105 Å². The van der Waals surface area contributed by atoms with Crippen molar-refractivity contribution in [1.82, 2.24) is 14.5 Å². The quantitative estimate of drug-likeness (QED) is 0.656. The molecule has 31 heavy (non-hydrogen) atoms. The molecule has 0 amide bonds. The SMILES string of the molecule is CC1(C)OC2[C@H](n3ccc4c(N)ncnc43)O[C@H]([C@@](C)(O)c3ccc(F)c(F)c3)[C@H]2O1. The second-order valence-corrected chi connectivity index (χ2v) is 8.51. The summed E-state index contributed by atoms with van der Waals surface area (Å²) in [6.45, 7) is 5.01. The van der Waals surface area contributed by atoms with E-state index in [4.69, 9.17) is 19.9 Å². The molecule has 2 saturated heterocycles. The van der Waals surface area contributed by atoms with Crippen LogP contribution in [0.2, 0.25) is 0 Å². The van der Waals surface area contributed by atoms with Gasteiger partial charge in [0.1, 0.15) is 41.7 Å². The molecule has 3 N–H and O–H groups in total. The number of aliphatic hydroxyl groups is 1. The van der Waals surface area contributed by atoms with E-state index >= 15 is 0 Å². The summed E-state index contributed by atoms with van der Waals surface area (Å²) in [7, 11) is 0. The van der Waals surface area contributed by atoms with E-state index in [0.29, 0.717) is 16.9 Å². The number of anilines is 1. The highest BCUT2D eigenvalue weighted by Gasteiger charge is 2.60. The van der Waals surface area contributed by atoms with Crippen LogP contribution in [0.25, 0.3) is 11.0 Å². The molecule has 5 atom stereocenters. The second kappa shape index (κ2) is 6.67. The second-order valence-electron chi connectivity index (χ2n) is 8.51. The van der Waals surface area contributed by atoms with Crippen LogP contribution in [-0.2, 0) is 19.8 Å². The van der Waals surface area contributed by atoms with Crippen molar-refractivity contribution in [2.45, 2.75) is 56.7 Å². The van der Waals surface area contributed by atoms with E-state index in [1.165, 1.54) is 19.3 Å². The maximum absolute atomic E-state index is 13.9. The molecular weight excluding hydrogens is 410 g/mol. The van der Waals surface area contributed by atoms with Crippen LogP contribution in [0.1, 0.15) is 32.6 Å². The van der Waals surface area contributed by atoms with Crippen molar-refractivity contribution in [1.29, 1.82) is 0 Å². The van der Waals surface area contributed by atoms with Crippen LogP contribution in [0.4, 0.5) is 14.6 Å². The lowest BCUT2D eigenvalue weighted by Crippen LogP contribution is -2.45. The van der Waals surface area contributed by atoms with Crippen LogP contribution >= 0.6 is 0 Å². The van der Waals surface area contributed by atoms with Gasteiger partial charge >= 0.3 is 0 Å². The number of hydrogen-bond donors (Lipinski definition) is 2. The summed E-state index contributed by atoms with van der Waals surface area (Å²) in [6, 6.07) is 5.02. The van der Waals surface area contributed by atoms with Gasteiger partial charge < -0.3 is 29.6 Å². The largest absolute Gasteiger partial charge is 0.383 e. The molecule has 10 heteroatoms. The van der Waals surface area contributed by atoms with Gasteiger partial charge in [0, 0.05) is 6.20 Å². The van der Waals surface area contributed by atoms with Crippen molar-refractivity contribution in [2.24, 2.45) is 0 Å². The number of nitrogens with two attached hydrogens (primary N) is 1. The maximum atomic E-state index is 13.9. The zero-order chi connectivity index (χ0) is 22.1. The highest BCUT2D eigenvalue weighted by Crippen LogP contribution is 2.48. The minimum atomic E-state index is -1.70. The standard InChI is InChI=1S/C21H22F2N4O4/c1-20(2)30-14-15(31-20)19(27-7-6-11-17(24)25-9-26-18(11)27)29-16(14)21(3,28)10-4-5-12(22)13(23)8-10/h4-9,14-16,19,28H,1-3H3,(H2,24,25,26)/t14-,15?,16-,19+,21-/m0/s1. The molecule has 164 valence electrons. The first kappa shape index (κ1) is 20.3. The Bertz CT molecular complexity index is 1170. The lowest BCUT2D eigenvalue weighted by molar-refractivity contribution is -0.221. The number of nitrogen functional groups attached to an aromatic ring is 1. The maximum Gasteiger partial charge on any atom is 0.164 e. The van der Waals surface area contributed by atoms with Crippen LogP contribution in [0, 0.1) is 11.6 Å². The Hall–Kier alpha value is -2.66. The average molecular weight is 432 g/mol. The van der Waals surface area contributed by atoms with E-state index in [2.05, 4.69) is 9.97 Å². The predicted octanol–water partition coefficient (Wildman–Crippen LogP) is 2.62. The molecule has 0 bridgehead atoms. The molecule has 8 nitrogen and oxygen atoms in total. The van der Waals surface area contributed by atoms with E-state index < -0.39 is 47.6 Å². The third kappa shape index (κ3) is 3.09. The van der Waals surface area contributed by atoms with Crippen LogP contribution in [0.3, 0.4) is 0 Å². The Morgan fingerprint density at radius 3 is 2.61 bits per heavy atom. The molecular formula is C21H22F2N4O4. The zero-order valence-corrected chi connectivity index (χ0v) is 17.1. The summed E-state index contributed by atoms with van der Waals surface area (Å²) in [4.78, 5) is 8.30. The van der Waals surface area contributed by atoms with Gasteiger partial charge in [-0.2, -0.15) is 0 Å². The molecule has 2 aliphatic heterocycles. The minimum Gasteiger partial charge on any atom is -0.383 e. The molecule has 1 unspecified atom stereocenters. The first-order valence-corrected chi connectivity index (χ1v) is 9.84. The minimum absolute atomic E-state index is 0.160. The van der Waals surface area contributed by atoms with Crippen molar-refractivity contribution in [3.05, 3.63) is 54.0 Å². The number of fused-ring (bicyclic) bond motifs is 2. The fourth-order valence-electron chi connectivity index (χ4n) is 4.42. The highest BCUT2D eigenvalue weighted by atomic mass is 19.2. The van der Waals surface area contributed by atoms with Gasteiger partial charge in [0.15, 0.2) is 23.6 Å². The third-order valence-electron chi connectivity index (χ3n) is 5.90. The van der Waals surface area contributed by atoms with Crippen molar-refractivity contribution in [3.63, 3.8) is 0 Å². The smallest absolute Gasteiger partial charge is 0.164 e. The summed E-state index contributed by atoms with van der Waals surface area (Å²) >= 11 is 0. The Kier molecular flexibility index (Phi) is 4.36. The molecule has 3 aromatic rings. The molecule has 5 rings (SSSR count). The summed E-state index contributed by atoms with van der Waals surface area (Å²) in [6.07, 6.45) is 0.182. The van der Waals surface area contributed by atoms with Crippen molar-refractivity contribution >= 4 is 16.9 Å². The molecule has 4 heterocycles. The van der Waals surface area contributed by atoms with E-state index in [9.17, 15) is 13.9 Å². The summed E-state index contributed by atoms with van der Waals surface area (Å²) in [5, 5.41) is 12.0. The summed E-state index contributed by atoms with van der Waals surface area (Å²) in [5.74, 6) is -2.67. The highest BCUT2D eigenvalue weighted by molar-refractivity contribution is 5.86. The molecule has 0 spiro atoms. The number of benzene rings is 1. The zero-order valence-electron chi connectivity index (χ0n) is 17.1. The normalized spacial score (nSPS) is 29.2. The first-order valence-electron chi connectivity index (χ1n) is 9.84. The fourth-order valence-corrected chi connectivity index (χ4v) is 4.42. The molecule has 0 saturated carbocycles. The van der Waals surface area contributed by atoms with Gasteiger partial charge in [-0.15, -0.1) is 0 Å². The first-order chi connectivity index (χ1) is 14.6. The number of ether oxygens (including phenoxy) is 3. The fraction of sp³-hybridized carbons (Fsp3) is 0.429. The average Bonchev–Trinajstić information content (AvgIpc) is 3.35. The van der Waals surface area contributed by atoms with Gasteiger partial charge in [0.25, 0.3) is 0 Å². The lowest BCUT2D eigenvalue weighted by Gasteiger charge is -2.34. The van der Waals surface area contributed by atoms with E-state index in [-0.39, 0.29) is 5.56 Å². The number of rotatable bonds is 3. The van der Waals surface area contributed by atoms with Gasteiger partial charge in [-0.25, -0.2) is 18.7 Å². The Balaban J connectivity index is 1.58. The van der Waals surface area contributed by atoms with E-state index in [0.717, 1.165) is 12.1 Å². The van der Waals surface area contributed by atoms with Gasteiger partial charge in [-0.3, -0.25) is 0 Å². The van der Waals surface area contributed by atoms with Crippen LogP contribution in [0.5, 0.6) is 0 Å². The van der Waals surface area contributed by atoms with Gasteiger partial charge in [0.2, 0.25) is 0 Å². The van der Waals surface area contributed by atoms with Gasteiger partial charge in [-0.1, -0.05) is 6.07 Å². The Morgan fingerprint density at radius 2 is 1.87 bits per heavy atom. The third-order valence-corrected chi connectivity index (χ3v) is 5.90.